The lowest BCUT2D eigenvalue weighted by Gasteiger charge is -2.21. The molecule has 3 aromatic rings. The highest BCUT2D eigenvalue weighted by molar-refractivity contribution is 6.30. The molecule has 0 bridgehead atoms. The number of benzene rings is 1. The number of nitrogens with one attached hydrogen (secondary N) is 1. The summed E-state index contributed by atoms with van der Waals surface area (Å²) in [6.07, 6.45) is -3.67. The molecule has 0 amide bonds. The van der Waals surface area contributed by atoms with E-state index in [1.165, 1.54) is 23.0 Å². The van der Waals surface area contributed by atoms with Gasteiger partial charge in [-0.15, -0.1) is 0 Å². The van der Waals surface area contributed by atoms with Crippen molar-refractivity contribution in [1.82, 2.24) is 14.5 Å². The van der Waals surface area contributed by atoms with Gasteiger partial charge in [0.05, 0.1) is 16.7 Å². The lowest BCUT2D eigenvalue weighted by Crippen LogP contribution is -2.34. The van der Waals surface area contributed by atoms with Crippen LogP contribution in [0, 0.1) is 5.82 Å². The molecule has 1 aliphatic heterocycles. The van der Waals surface area contributed by atoms with Gasteiger partial charge in [0.15, 0.2) is 6.23 Å². The normalized spacial score (nSPS) is 26.8. The molecular formula is C17H16ClFN4O5. The van der Waals surface area contributed by atoms with Gasteiger partial charge in [0.2, 0.25) is 5.49 Å². The highest BCUT2D eigenvalue weighted by Crippen LogP contribution is 2.37. The van der Waals surface area contributed by atoms with Crippen LogP contribution in [0.2, 0.25) is 5.02 Å². The largest absolute Gasteiger partial charge is 0.409 e. The van der Waals surface area contributed by atoms with Crippen LogP contribution in [0.1, 0.15) is 17.9 Å². The number of aromatic amines is 1. The van der Waals surface area contributed by atoms with Crippen LogP contribution < -0.4 is 5.49 Å². The molecule has 0 radical (unpaired) electrons. The van der Waals surface area contributed by atoms with Crippen LogP contribution in [-0.2, 0) is 4.74 Å². The predicted octanol–water partition coefficient (Wildman–Crippen LogP) is 0.800. The molecule has 1 aliphatic rings. The first-order valence-electron chi connectivity index (χ1n) is 8.29. The van der Waals surface area contributed by atoms with Crippen molar-refractivity contribution in [2.45, 2.75) is 30.6 Å². The number of aliphatic hydroxyl groups is 3. The minimum Gasteiger partial charge on any atom is -0.409 e. The summed E-state index contributed by atoms with van der Waals surface area (Å²) < 4.78 is 20.9. The Kier molecular flexibility index (Phi) is 4.81. The summed E-state index contributed by atoms with van der Waals surface area (Å²) in [5, 5.41) is 43.9. The van der Waals surface area contributed by atoms with Gasteiger partial charge < -0.3 is 34.8 Å². The van der Waals surface area contributed by atoms with Gasteiger partial charge in [0.25, 0.3) is 0 Å². The minimum absolute atomic E-state index is 0.0637. The van der Waals surface area contributed by atoms with Gasteiger partial charge in [-0.25, -0.2) is 9.37 Å². The average molecular weight is 411 g/mol. The zero-order valence-electron chi connectivity index (χ0n) is 14.1. The van der Waals surface area contributed by atoms with Gasteiger partial charge in [-0.2, -0.15) is 0 Å². The first-order valence-corrected chi connectivity index (χ1v) is 8.67. The van der Waals surface area contributed by atoms with Crippen molar-refractivity contribution in [2.24, 2.45) is 5.16 Å². The molecule has 2 aromatic heterocycles. The van der Waals surface area contributed by atoms with Crippen LogP contribution in [0.3, 0.4) is 0 Å². The van der Waals surface area contributed by atoms with E-state index in [1.54, 1.807) is 12.3 Å². The van der Waals surface area contributed by atoms with Crippen LogP contribution >= 0.6 is 11.6 Å². The summed E-state index contributed by atoms with van der Waals surface area (Å²) in [6.45, 7) is 0. The van der Waals surface area contributed by atoms with Crippen LogP contribution in [0.15, 0.2) is 41.9 Å². The number of hydrogen-bond donors (Lipinski definition) is 5. The molecule has 1 unspecified atom stereocenters. The predicted molar refractivity (Wildman–Crippen MR) is 93.7 cm³/mol. The van der Waals surface area contributed by atoms with Crippen LogP contribution in [0.25, 0.3) is 11.0 Å². The fraction of sp³-hybridized carbons (Fsp3) is 0.294. The summed E-state index contributed by atoms with van der Waals surface area (Å²) in [5.41, 5.74) is 0.633. The van der Waals surface area contributed by atoms with Crippen molar-refractivity contribution in [2.75, 3.05) is 0 Å². The molecule has 11 heteroatoms. The van der Waals surface area contributed by atoms with E-state index in [-0.39, 0.29) is 16.1 Å². The van der Waals surface area contributed by atoms with Crippen molar-refractivity contribution in [3.8, 4) is 0 Å². The first-order chi connectivity index (χ1) is 13.4. The number of rotatable bonds is 3. The van der Waals surface area contributed by atoms with Crippen LogP contribution in [0.5, 0.6) is 0 Å². The lowest BCUT2D eigenvalue weighted by atomic mass is 9.99. The van der Waals surface area contributed by atoms with Crippen LogP contribution in [0.4, 0.5) is 4.39 Å². The smallest absolute Gasteiger partial charge is 0.203 e. The summed E-state index contributed by atoms with van der Waals surface area (Å²) in [4.78, 5) is 6.73. The van der Waals surface area contributed by atoms with Crippen molar-refractivity contribution in [3.63, 3.8) is 0 Å². The zero-order chi connectivity index (χ0) is 20.0. The number of ether oxygens (including phenoxy) is 1. The van der Waals surface area contributed by atoms with E-state index < -0.39 is 36.5 Å². The number of hydrogen-bond acceptors (Lipinski definition) is 7. The molecule has 4 rings (SSSR count). The molecule has 5 N–H and O–H groups in total. The summed E-state index contributed by atoms with van der Waals surface area (Å²) in [6, 6.07) is 5.33. The second kappa shape index (κ2) is 7.15. The molecule has 0 spiro atoms. The van der Waals surface area contributed by atoms with Crippen molar-refractivity contribution >= 4 is 22.6 Å². The molecule has 1 saturated heterocycles. The molecule has 3 heterocycles. The number of aliphatic hydroxyl groups excluding tert-OH is 3. The second-order valence-electron chi connectivity index (χ2n) is 6.40. The number of H-pyrrole nitrogens is 1. The quantitative estimate of drug-likeness (QED) is 0.320. The van der Waals surface area contributed by atoms with E-state index in [2.05, 4.69) is 15.1 Å². The highest BCUT2D eigenvalue weighted by atomic mass is 35.5. The van der Waals surface area contributed by atoms with E-state index in [4.69, 9.17) is 21.5 Å². The van der Waals surface area contributed by atoms with Crippen molar-refractivity contribution in [3.05, 3.63) is 58.7 Å². The standard InChI is InChI=1S/C17H16ClFN4O5/c18-9-2-1-7(5-10(9)19)11(24)14-12(25)13(26)17(28-14)23-4-3-8-15(22-27)20-6-21-16(8)23/h1-6,11-14,17,24-27H,(H,20,21,22)/t11?,12-,13+,14+,17+/m0/s1. The van der Waals surface area contributed by atoms with E-state index in [0.717, 1.165) is 6.07 Å². The third kappa shape index (κ3) is 2.95. The molecule has 28 heavy (non-hydrogen) atoms. The highest BCUT2D eigenvalue weighted by Gasteiger charge is 2.47. The monoisotopic (exact) mass is 410 g/mol. The third-order valence-corrected chi connectivity index (χ3v) is 5.09. The lowest BCUT2D eigenvalue weighted by molar-refractivity contribution is -0.0849. The van der Waals surface area contributed by atoms with E-state index in [1.807, 2.05) is 0 Å². The summed E-state index contributed by atoms with van der Waals surface area (Å²) >= 11 is 5.65. The summed E-state index contributed by atoms with van der Waals surface area (Å²) in [5.74, 6) is -0.721. The number of halogens is 2. The number of nitrogens with zero attached hydrogens (tertiary/aromatic N) is 3. The average Bonchev–Trinajstić information content (AvgIpc) is 3.25. The Morgan fingerprint density at radius 1 is 1.29 bits per heavy atom. The second-order valence-corrected chi connectivity index (χ2v) is 6.81. The Morgan fingerprint density at radius 3 is 2.79 bits per heavy atom. The Morgan fingerprint density at radius 2 is 2.07 bits per heavy atom. The van der Waals surface area contributed by atoms with Crippen LogP contribution in [-0.4, -0.2) is 53.4 Å². The minimum atomic E-state index is -1.44. The molecule has 1 aromatic carbocycles. The van der Waals surface area contributed by atoms with Gasteiger partial charge in [0.1, 0.15) is 35.9 Å². The fourth-order valence-electron chi connectivity index (χ4n) is 3.36. The van der Waals surface area contributed by atoms with Gasteiger partial charge >= 0.3 is 0 Å². The number of aromatic nitrogens is 3. The number of fused-ring (bicyclic) bond motifs is 1. The maximum Gasteiger partial charge on any atom is 0.203 e. The summed E-state index contributed by atoms with van der Waals surface area (Å²) in [7, 11) is 0. The Balaban J connectivity index is 1.67. The van der Waals surface area contributed by atoms with Crippen molar-refractivity contribution < 1.29 is 29.7 Å². The maximum atomic E-state index is 13.7. The van der Waals surface area contributed by atoms with Gasteiger partial charge in [-0.05, 0) is 23.8 Å². The first kappa shape index (κ1) is 18.8. The molecule has 148 valence electrons. The molecule has 0 aliphatic carbocycles. The Bertz CT molecular complexity index is 1090. The molecule has 9 nitrogen and oxygen atoms in total. The topological polar surface area (TPSA) is 136 Å². The van der Waals surface area contributed by atoms with Gasteiger partial charge in [-0.1, -0.05) is 22.8 Å². The SMILES string of the molecule is ON=c1nc[nH]c2c1ccn2[C@@H]1O[C@H](C(O)c2ccc(Cl)c(F)c2)[C@@H](O)[C@H]1O. The zero-order valence-corrected chi connectivity index (χ0v) is 14.9. The molecule has 0 saturated carbocycles. The van der Waals surface area contributed by atoms with E-state index in [9.17, 15) is 19.7 Å². The molecule has 5 atom stereocenters. The Labute approximate surface area is 161 Å². The van der Waals surface area contributed by atoms with Gasteiger partial charge in [-0.3, -0.25) is 0 Å². The van der Waals surface area contributed by atoms with E-state index >= 15 is 0 Å². The van der Waals surface area contributed by atoms with E-state index in [0.29, 0.717) is 11.0 Å². The fourth-order valence-corrected chi connectivity index (χ4v) is 3.48. The van der Waals surface area contributed by atoms with Gasteiger partial charge in [0, 0.05) is 6.20 Å². The molecular weight excluding hydrogens is 395 g/mol. The van der Waals surface area contributed by atoms with Crippen molar-refractivity contribution in [1.29, 1.82) is 0 Å². The maximum absolute atomic E-state index is 13.7. The molecule has 1 fully saturated rings. The Hall–Kier alpha value is -2.50. The third-order valence-electron chi connectivity index (χ3n) is 4.78.